The van der Waals surface area contributed by atoms with Crippen molar-refractivity contribution in [3.63, 3.8) is 0 Å². The molecule has 6 rings (SSSR count). The average molecular weight is 683 g/mol. The van der Waals surface area contributed by atoms with Gasteiger partial charge in [-0.2, -0.15) is 0 Å². The van der Waals surface area contributed by atoms with Crippen molar-refractivity contribution in [3.8, 4) is 36.0 Å². The normalized spacial score (nSPS) is 12.4. The highest BCUT2D eigenvalue weighted by Crippen LogP contribution is 2.41. The van der Waals surface area contributed by atoms with E-state index in [1.165, 1.54) is 55.6 Å². The molecule has 1 aromatic carbocycles. The van der Waals surface area contributed by atoms with Crippen molar-refractivity contribution >= 4 is 44.4 Å². The van der Waals surface area contributed by atoms with Crippen molar-refractivity contribution in [1.82, 2.24) is 19.9 Å². The van der Waals surface area contributed by atoms with Crippen molar-refractivity contribution < 1.29 is 0 Å². The van der Waals surface area contributed by atoms with Crippen LogP contribution < -0.4 is 0 Å². The van der Waals surface area contributed by atoms with Gasteiger partial charge >= 0.3 is 0 Å². The van der Waals surface area contributed by atoms with Gasteiger partial charge in [0.25, 0.3) is 0 Å². The fraction of sp³-hybridized carbons (Fsp3) is 0.333. The highest BCUT2D eigenvalue weighted by atomic mass is 14.8. The number of aromatic nitrogens is 4. The van der Waals surface area contributed by atoms with Gasteiger partial charge in [-0.3, -0.25) is 0 Å². The molecule has 52 heavy (non-hydrogen) atoms. The zero-order valence-electron chi connectivity index (χ0n) is 32.2. The Balaban J connectivity index is 1.80. The maximum Gasteiger partial charge on any atom is 0.0851 e. The van der Waals surface area contributed by atoms with Crippen molar-refractivity contribution in [1.29, 1.82) is 0 Å². The number of fused-ring (bicyclic) bond motifs is 8. The molecule has 0 amide bonds. The van der Waals surface area contributed by atoms with Gasteiger partial charge in [0.1, 0.15) is 0 Å². The van der Waals surface area contributed by atoms with Gasteiger partial charge in [-0.15, -0.1) is 6.42 Å². The molecular formula is C48H50N4. The van der Waals surface area contributed by atoms with E-state index in [0.29, 0.717) is 0 Å². The molecule has 0 saturated carbocycles. The number of terminal acetylenes is 1. The third kappa shape index (κ3) is 6.54. The Morgan fingerprint density at radius 3 is 1.25 bits per heavy atom. The molecule has 5 heterocycles. The Morgan fingerprint density at radius 2 is 0.865 bits per heavy atom. The largest absolute Gasteiger partial charge is 0.355 e. The minimum Gasteiger partial charge on any atom is -0.355 e. The van der Waals surface area contributed by atoms with Gasteiger partial charge in [0.15, 0.2) is 0 Å². The number of hydrogen-bond acceptors (Lipinski definition) is 2. The highest BCUT2D eigenvalue weighted by molar-refractivity contribution is 5.99. The van der Waals surface area contributed by atoms with Crippen molar-refractivity contribution in [3.05, 3.63) is 104 Å². The monoisotopic (exact) mass is 682 g/mol. The molecule has 0 fully saturated rings. The summed E-state index contributed by atoms with van der Waals surface area (Å²) < 4.78 is 0. The average Bonchev–Trinajstić information content (AvgIpc) is 3.90. The summed E-state index contributed by atoms with van der Waals surface area (Å²) in [6, 6.07) is 14.6. The molecule has 0 spiro atoms. The fourth-order valence-corrected chi connectivity index (χ4v) is 8.15. The van der Waals surface area contributed by atoms with E-state index in [1.54, 1.807) is 0 Å². The molecule has 4 aromatic rings. The molecule has 3 aromatic heterocycles. The van der Waals surface area contributed by atoms with Gasteiger partial charge in [0, 0.05) is 33.2 Å². The first-order valence-electron chi connectivity index (χ1n) is 19.2. The molecule has 262 valence electrons. The van der Waals surface area contributed by atoms with E-state index in [9.17, 15) is 0 Å². The second kappa shape index (κ2) is 15.8. The van der Waals surface area contributed by atoms with Gasteiger partial charge in [-0.1, -0.05) is 67.2 Å². The van der Waals surface area contributed by atoms with E-state index in [-0.39, 0.29) is 0 Å². The SMILES string of the molecule is C#Cc1ccc(C#CC#Cc2c3nc(cc4[nH]c(cc5[nH]c(cc6nc2C(CC)=C6CC)c(CC)c5CC)c(CC)c4CC)C(CC)=C3CC)cc1. The van der Waals surface area contributed by atoms with E-state index >= 15 is 0 Å². The summed E-state index contributed by atoms with van der Waals surface area (Å²) in [6.07, 6.45) is 12.8. The summed E-state index contributed by atoms with van der Waals surface area (Å²) in [5.74, 6) is 15.8. The van der Waals surface area contributed by atoms with Crippen LogP contribution in [0.25, 0.3) is 44.4 Å². The number of hydrogen-bond donors (Lipinski definition) is 2. The molecule has 0 saturated heterocycles. The van der Waals surface area contributed by atoms with Crippen molar-refractivity contribution in [2.45, 2.75) is 107 Å². The number of H-pyrrole nitrogens is 2. The van der Waals surface area contributed by atoms with Crippen molar-refractivity contribution in [2.24, 2.45) is 0 Å². The van der Waals surface area contributed by atoms with Crippen LogP contribution in [0.15, 0.2) is 42.5 Å². The lowest BCUT2D eigenvalue weighted by Gasteiger charge is -2.08. The summed E-state index contributed by atoms with van der Waals surface area (Å²) in [4.78, 5) is 18.7. The van der Waals surface area contributed by atoms with Gasteiger partial charge in [0.05, 0.1) is 28.3 Å². The summed E-state index contributed by atoms with van der Waals surface area (Å²) in [7, 11) is 0. The van der Waals surface area contributed by atoms with Crippen LogP contribution >= 0.6 is 0 Å². The maximum absolute atomic E-state index is 5.56. The molecule has 2 N–H and O–H groups in total. The Kier molecular flexibility index (Phi) is 11.0. The van der Waals surface area contributed by atoms with Gasteiger partial charge in [-0.25, -0.2) is 9.97 Å². The third-order valence-corrected chi connectivity index (χ3v) is 10.6. The first-order valence-corrected chi connectivity index (χ1v) is 19.2. The molecule has 0 radical (unpaired) electrons. The second-order valence-electron chi connectivity index (χ2n) is 13.3. The Morgan fingerprint density at radius 1 is 0.481 bits per heavy atom. The van der Waals surface area contributed by atoms with Crippen LogP contribution in [-0.4, -0.2) is 19.9 Å². The van der Waals surface area contributed by atoms with Crippen LogP contribution in [0.5, 0.6) is 0 Å². The summed E-state index contributed by atoms with van der Waals surface area (Å²) in [5.41, 5.74) is 21.5. The lowest BCUT2D eigenvalue weighted by Crippen LogP contribution is -1.95. The molecular weight excluding hydrogens is 633 g/mol. The summed E-state index contributed by atoms with van der Waals surface area (Å²) in [6.45, 7) is 17.9. The smallest absolute Gasteiger partial charge is 0.0851 e. The number of nitrogens with one attached hydrogen (secondary N) is 2. The van der Waals surface area contributed by atoms with Crippen LogP contribution in [0.2, 0.25) is 0 Å². The molecule has 4 heteroatoms. The molecule has 2 aliphatic rings. The van der Waals surface area contributed by atoms with Crippen LogP contribution in [0.1, 0.15) is 143 Å². The molecule has 0 atom stereocenters. The Hall–Kier alpha value is -5.50. The van der Waals surface area contributed by atoms with E-state index in [0.717, 1.165) is 102 Å². The van der Waals surface area contributed by atoms with Gasteiger partial charge in [-0.05, 0) is 156 Å². The zero-order chi connectivity index (χ0) is 36.9. The lowest BCUT2D eigenvalue weighted by molar-refractivity contribution is 1.07. The minimum atomic E-state index is 0.832. The minimum absolute atomic E-state index is 0.832. The quantitative estimate of drug-likeness (QED) is 0.182. The van der Waals surface area contributed by atoms with E-state index in [2.05, 4.69) is 113 Å². The highest BCUT2D eigenvalue weighted by Gasteiger charge is 2.26. The summed E-state index contributed by atoms with van der Waals surface area (Å²) >= 11 is 0. The molecule has 0 unspecified atom stereocenters. The predicted molar refractivity (Wildman–Crippen MR) is 221 cm³/mol. The Labute approximate surface area is 310 Å². The van der Waals surface area contributed by atoms with Crippen LogP contribution in [0.4, 0.5) is 0 Å². The number of benzene rings is 1. The first-order chi connectivity index (χ1) is 25.4. The first kappa shape index (κ1) is 36.3. The standard InChI is InChI=1S/C48H50N4/c1-10-30-23-25-31(26-24-30)21-19-20-22-40-47-38(17-8)36(15-6)45(51-47)28-43-34(13-4)32(11-2)41(49-43)27-42-33(12-3)35(14-5)44(50-42)29-46-37(16-7)39(18-9)48(40)52-46/h1,23-29,49-50H,11-18H2,2-9H3. The number of rotatable bonds is 8. The number of nitrogens with zero attached hydrogens (tertiary/aromatic N) is 2. The molecule has 2 aliphatic heterocycles. The van der Waals surface area contributed by atoms with Crippen molar-refractivity contribution in [2.75, 3.05) is 0 Å². The topological polar surface area (TPSA) is 57.4 Å². The lowest BCUT2D eigenvalue weighted by atomic mass is 9.94. The molecule has 4 nitrogen and oxygen atoms in total. The second-order valence-corrected chi connectivity index (χ2v) is 13.3. The number of allylic oxidation sites excluding steroid dienone is 4. The molecule has 8 bridgehead atoms. The zero-order valence-corrected chi connectivity index (χ0v) is 32.2. The predicted octanol–water partition coefficient (Wildman–Crippen LogP) is 11.4. The van der Waals surface area contributed by atoms with Gasteiger partial charge < -0.3 is 9.97 Å². The van der Waals surface area contributed by atoms with E-state index < -0.39 is 0 Å². The number of aryl methyl sites for hydroxylation is 4. The maximum atomic E-state index is 5.56. The van der Waals surface area contributed by atoms with Crippen LogP contribution in [-0.2, 0) is 25.7 Å². The van der Waals surface area contributed by atoms with Crippen LogP contribution in [0.3, 0.4) is 0 Å². The van der Waals surface area contributed by atoms with Crippen LogP contribution in [0, 0.1) is 36.0 Å². The summed E-state index contributed by atoms with van der Waals surface area (Å²) in [5, 5.41) is 0. The Bertz CT molecular complexity index is 2320. The third-order valence-electron chi connectivity index (χ3n) is 10.6. The van der Waals surface area contributed by atoms with E-state index in [1.807, 2.05) is 24.3 Å². The van der Waals surface area contributed by atoms with E-state index in [4.69, 9.17) is 16.4 Å². The number of aromatic amines is 2. The molecule has 0 aliphatic carbocycles. The van der Waals surface area contributed by atoms with Gasteiger partial charge in [0.2, 0.25) is 0 Å². The fourth-order valence-electron chi connectivity index (χ4n) is 8.15.